The van der Waals surface area contributed by atoms with Crippen LogP contribution in [-0.2, 0) is 20.8 Å². The van der Waals surface area contributed by atoms with Gasteiger partial charge in [-0.15, -0.1) is 0 Å². The molecule has 1 rings (SSSR count). The Bertz CT molecular complexity index is 604. The summed E-state index contributed by atoms with van der Waals surface area (Å²) in [6.45, 7) is 5.15. The summed E-state index contributed by atoms with van der Waals surface area (Å²) in [6.07, 6.45) is 0.504. The smallest absolute Gasteiger partial charge is 0.243 e. The average molecular weight is 337 g/mol. The zero-order valence-electron chi connectivity index (χ0n) is 14.1. The molecule has 0 aliphatic heterocycles. The lowest BCUT2D eigenvalue weighted by Gasteiger charge is -2.22. The highest BCUT2D eigenvalue weighted by atomic mass is 19.1. The number of hydrogen-bond donors (Lipinski definition) is 3. The largest absolute Gasteiger partial charge is 0.368 e. The van der Waals surface area contributed by atoms with Crippen molar-refractivity contribution in [3.8, 4) is 0 Å². The van der Waals surface area contributed by atoms with Gasteiger partial charge in [0.05, 0.1) is 0 Å². The quantitative estimate of drug-likeness (QED) is 0.656. The molecule has 0 fully saturated rings. The summed E-state index contributed by atoms with van der Waals surface area (Å²) in [6, 6.07) is 3.99. The van der Waals surface area contributed by atoms with E-state index in [2.05, 4.69) is 10.6 Å². The Kier molecular flexibility index (Phi) is 7.35. The van der Waals surface area contributed by atoms with Crippen molar-refractivity contribution in [2.75, 3.05) is 0 Å². The van der Waals surface area contributed by atoms with Gasteiger partial charge in [-0.05, 0) is 30.0 Å². The topological polar surface area (TPSA) is 101 Å². The Morgan fingerprint density at radius 2 is 1.83 bits per heavy atom. The summed E-state index contributed by atoms with van der Waals surface area (Å²) in [5.74, 6) is -1.81. The summed E-state index contributed by atoms with van der Waals surface area (Å²) >= 11 is 0. The van der Waals surface area contributed by atoms with E-state index in [4.69, 9.17) is 5.73 Å². The first-order valence-electron chi connectivity index (χ1n) is 7.80. The fourth-order valence-electron chi connectivity index (χ4n) is 2.34. The number of nitrogens with two attached hydrogens (primary N) is 1. The Morgan fingerprint density at radius 3 is 2.33 bits per heavy atom. The molecule has 0 bridgehead atoms. The van der Waals surface area contributed by atoms with Crippen molar-refractivity contribution in [3.63, 3.8) is 0 Å². The molecule has 3 amide bonds. The maximum absolute atomic E-state index is 13.2. The fraction of sp³-hybridized carbons (Fsp3) is 0.471. The molecule has 0 saturated heterocycles. The lowest BCUT2D eigenvalue weighted by atomic mass is 10.0. The zero-order valence-corrected chi connectivity index (χ0v) is 14.1. The van der Waals surface area contributed by atoms with Crippen molar-refractivity contribution >= 4 is 17.7 Å². The summed E-state index contributed by atoms with van der Waals surface area (Å²) in [5.41, 5.74) is 5.88. The number of carbonyl (C=O) groups is 3. The normalized spacial score (nSPS) is 13.2. The van der Waals surface area contributed by atoms with E-state index in [1.54, 1.807) is 6.07 Å². The number of hydrogen-bond acceptors (Lipinski definition) is 3. The van der Waals surface area contributed by atoms with Gasteiger partial charge in [-0.1, -0.05) is 26.0 Å². The second kappa shape index (κ2) is 9.00. The van der Waals surface area contributed by atoms with Crippen molar-refractivity contribution in [1.82, 2.24) is 10.6 Å². The van der Waals surface area contributed by atoms with Crippen LogP contribution in [0.15, 0.2) is 24.3 Å². The Balaban J connectivity index is 2.83. The highest BCUT2D eigenvalue weighted by molar-refractivity contribution is 5.91. The van der Waals surface area contributed by atoms with E-state index >= 15 is 0 Å². The van der Waals surface area contributed by atoms with Crippen LogP contribution in [0.2, 0.25) is 0 Å². The minimum absolute atomic E-state index is 0.0767. The Hall–Kier alpha value is -2.44. The van der Waals surface area contributed by atoms with E-state index in [-0.39, 0.29) is 18.2 Å². The van der Waals surface area contributed by atoms with Gasteiger partial charge in [0.25, 0.3) is 0 Å². The third kappa shape index (κ3) is 6.76. The lowest BCUT2D eigenvalue weighted by Crippen LogP contribution is -2.53. The standard InChI is InChI=1S/C17H24FN3O3/c1-10(2)7-15(20-11(3)22)17(24)21-14(16(19)23)9-12-5-4-6-13(18)8-12/h4-6,8,10,14-15H,7,9H2,1-3H3,(H2,19,23)(H,20,22)(H,21,24)/t14-,15-/m0/s1. The molecule has 24 heavy (non-hydrogen) atoms. The molecule has 4 N–H and O–H groups in total. The number of amides is 3. The minimum atomic E-state index is -0.984. The Morgan fingerprint density at radius 1 is 1.17 bits per heavy atom. The van der Waals surface area contributed by atoms with Crippen molar-refractivity contribution < 1.29 is 18.8 Å². The van der Waals surface area contributed by atoms with Gasteiger partial charge in [0.2, 0.25) is 17.7 Å². The predicted molar refractivity (Wildman–Crippen MR) is 88.3 cm³/mol. The summed E-state index contributed by atoms with van der Waals surface area (Å²) in [7, 11) is 0. The predicted octanol–water partition coefficient (Wildman–Crippen LogP) is 0.889. The van der Waals surface area contributed by atoms with Crippen LogP contribution >= 0.6 is 0 Å². The summed E-state index contributed by atoms with van der Waals surface area (Å²) in [5, 5.41) is 5.11. The number of primary amides is 1. The van der Waals surface area contributed by atoms with Crippen molar-refractivity contribution in [2.24, 2.45) is 11.7 Å². The third-order valence-corrected chi connectivity index (χ3v) is 3.39. The maximum atomic E-state index is 13.2. The van der Waals surface area contributed by atoms with Crippen LogP contribution in [0.4, 0.5) is 4.39 Å². The van der Waals surface area contributed by atoms with Gasteiger partial charge in [0.1, 0.15) is 17.9 Å². The summed E-state index contributed by atoms with van der Waals surface area (Å²) < 4.78 is 13.2. The van der Waals surface area contributed by atoms with Crippen LogP contribution < -0.4 is 16.4 Å². The zero-order chi connectivity index (χ0) is 18.3. The molecule has 0 aliphatic rings. The monoisotopic (exact) mass is 337 g/mol. The summed E-state index contributed by atoms with van der Waals surface area (Å²) in [4.78, 5) is 35.3. The second-order valence-electron chi connectivity index (χ2n) is 6.18. The fourth-order valence-corrected chi connectivity index (χ4v) is 2.34. The SMILES string of the molecule is CC(=O)N[C@@H](CC(C)C)C(=O)N[C@@H](Cc1cccc(F)c1)C(N)=O. The van der Waals surface area contributed by atoms with Gasteiger partial charge in [-0.25, -0.2) is 4.39 Å². The molecule has 7 heteroatoms. The number of nitrogens with one attached hydrogen (secondary N) is 2. The van der Waals surface area contributed by atoms with Crippen LogP contribution in [-0.4, -0.2) is 29.8 Å². The Labute approximate surface area is 141 Å². The van der Waals surface area contributed by atoms with Crippen molar-refractivity contribution in [1.29, 1.82) is 0 Å². The molecule has 6 nitrogen and oxygen atoms in total. The molecule has 132 valence electrons. The van der Waals surface area contributed by atoms with Crippen molar-refractivity contribution in [3.05, 3.63) is 35.6 Å². The molecule has 0 heterocycles. The van der Waals surface area contributed by atoms with Gasteiger partial charge >= 0.3 is 0 Å². The number of carbonyl (C=O) groups excluding carboxylic acids is 3. The van der Waals surface area contributed by atoms with Gasteiger partial charge in [0, 0.05) is 13.3 Å². The molecule has 0 aliphatic carbocycles. The first kappa shape index (κ1) is 19.6. The van der Waals surface area contributed by atoms with E-state index < -0.39 is 29.7 Å². The third-order valence-electron chi connectivity index (χ3n) is 3.39. The van der Waals surface area contributed by atoms with Gasteiger partial charge in [0.15, 0.2) is 0 Å². The van der Waals surface area contributed by atoms with E-state index in [9.17, 15) is 18.8 Å². The molecule has 0 saturated carbocycles. The molecule has 1 aromatic rings. The van der Waals surface area contributed by atoms with E-state index in [0.717, 1.165) is 0 Å². The molecular formula is C17H24FN3O3. The van der Waals surface area contributed by atoms with Crippen molar-refractivity contribution in [2.45, 2.75) is 45.7 Å². The highest BCUT2D eigenvalue weighted by Gasteiger charge is 2.25. The molecule has 2 atom stereocenters. The van der Waals surface area contributed by atoms with Crippen LogP contribution in [0, 0.1) is 11.7 Å². The second-order valence-corrected chi connectivity index (χ2v) is 6.18. The van der Waals surface area contributed by atoms with Gasteiger partial charge in [-0.3, -0.25) is 14.4 Å². The van der Waals surface area contributed by atoms with Crippen LogP contribution in [0.3, 0.4) is 0 Å². The van der Waals surface area contributed by atoms with E-state index in [1.165, 1.54) is 25.1 Å². The molecular weight excluding hydrogens is 313 g/mol. The van der Waals surface area contributed by atoms with Crippen LogP contribution in [0.5, 0.6) is 0 Å². The van der Waals surface area contributed by atoms with Crippen LogP contribution in [0.1, 0.15) is 32.8 Å². The molecule has 0 aromatic heterocycles. The number of benzene rings is 1. The molecule has 0 spiro atoms. The first-order chi connectivity index (χ1) is 11.2. The van der Waals surface area contributed by atoms with E-state index in [1.807, 2.05) is 13.8 Å². The average Bonchev–Trinajstić information content (AvgIpc) is 2.44. The lowest BCUT2D eigenvalue weighted by molar-refractivity contribution is -0.131. The number of halogens is 1. The molecule has 0 unspecified atom stereocenters. The minimum Gasteiger partial charge on any atom is -0.368 e. The molecule has 1 aromatic carbocycles. The molecule has 0 radical (unpaired) electrons. The maximum Gasteiger partial charge on any atom is 0.243 e. The van der Waals surface area contributed by atoms with Gasteiger partial charge in [-0.2, -0.15) is 0 Å². The van der Waals surface area contributed by atoms with Gasteiger partial charge < -0.3 is 16.4 Å². The number of rotatable bonds is 8. The van der Waals surface area contributed by atoms with E-state index in [0.29, 0.717) is 12.0 Å². The first-order valence-corrected chi connectivity index (χ1v) is 7.80. The van der Waals surface area contributed by atoms with Crippen LogP contribution in [0.25, 0.3) is 0 Å². The highest BCUT2D eigenvalue weighted by Crippen LogP contribution is 2.09.